The molecule has 22 heavy (non-hydrogen) atoms. The summed E-state index contributed by atoms with van der Waals surface area (Å²) in [6.07, 6.45) is -0.196. The van der Waals surface area contributed by atoms with E-state index in [4.69, 9.17) is 5.73 Å². The summed E-state index contributed by atoms with van der Waals surface area (Å²) < 4.78 is 0. The fourth-order valence-corrected chi connectivity index (χ4v) is 1.93. The number of benzene rings is 1. The number of carbonyl (C=O) groups is 2. The molecule has 122 valence electrons. The van der Waals surface area contributed by atoms with Gasteiger partial charge in [-0.3, -0.25) is 9.59 Å². The summed E-state index contributed by atoms with van der Waals surface area (Å²) in [7, 11) is 0. The van der Waals surface area contributed by atoms with Crippen LogP contribution in [0, 0.1) is 0 Å². The zero-order chi connectivity index (χ0) is 16.7. The van der Waals surface area contributed by atoms with Crippen LogP contribution in [0.2, 0.25) is 0 Å². The molecule has 4 atom stereocenters. The molecule has 1 aromatic rings. The van der Waals surface area contributed by atoms with Gasteiger partial charge in [0.25, 0.3) is 0 Å². The molecular formula is C16H25N3O3. The predicted molar refractivity (Wildman–Crippen MR) is 85.0 cm³/mol. The largest absolute Gasteiger partial charge is 0.391 e. The highest BCUT2D eigenvalue weighted by Crippen LogP contribution is 2.06. The van der Waals surface area contributed by atoms with Gasteiger partial charge in [0.05, 0.1) is 18.2 Å². The molecule has 0 unspecified atom stereocenters. The van der Waals surface area contributed by atoms with Crippen LogP contribution in [-0.2, 0) is 16.0 Å². The van der Waals surface area contributed by atoms with Gasteiger partial charge in [-0.1, -0.05) is 30.3 Å². The van der Waals surface area contributed by atoms with Crippen LogP contribution in [0.4, 0.5) is 0 Å². The van der Waals surface area contributed by atoms with Crippen molar-refractivity contribution in [1.82, 2.24) is 10.6 Å². The maximum atomic E-state index is 12.1. The van der Waals surface area contributed by atoms with Crippen LogP contribution in [0.1, 0.15) is 26.3 Å². The highest BCUT2D eigenvalue weighted by molar-refractivity contribution is 5.89. The minimum absolute atomic E-state index is 0.351. The van der Waals surface area contributed by atoms with E-state index in [0.29, 0.717) is 6.42 Å². The fraction of sp³-hybridized carbons (Fsp3) is 0.500. The molecule has 6 heteroatoms. The van der Waals surface area contributed by atoms with Gasteiger partial charge in [-0.15, -0.1) is 0 Å². The molecule has 0 aromatic heterocycles. The highest BCUT2D eigenvalue weighted by atomic mass is 16.3. The third-order valence-electron chi connectivity index (χ3n) is 3.37. The van der Waals surface area contributed by atoms with Crippen molar-refractivity contribution in [3.05, 3.63) is 35.9 Å². The van der Waals surface area contributed by atoms with Crippen molar-refractivity contribution in [2.24, 2.45) is 5.73 Å². The quantitative estimate of drug-likeness (QED) is 0.567. The Hall–Kier alpha value is -1.92. The van der Waals surface area contributed by atoms with Crippen LogP contribution < -0.4 is 16.4 Å². The lowest BCUT2D eigenvalue weighted by Crippen LogP contribution is -2.53. The van der Waals surface area contributed by atoms with E-state index < -0.39 is 24.2 Å². The summed E-state index contributed by atoms with van der Waals surface area (Å²) in [6, 6.07) is 7.77. The fourth-order valence-electron chi connectivity index (χ4n) is 1.93. The van der Waals surface area contributed by atoms with E-state index in [1.807, 2.05) is 30.3 Å². The van der Waals surface area contributed by atoms with Crippen molar-refractivity contribution in [3.63, 3.8) is 0 Å². The van der Waals surface area contributed by atoms with Crippen molar-refractivity contribution in [2.75, 3.05) is 0 Å². The van der Waals surface area contributed by atoms with Crippen LogP contribution in [0.15, 0.2) is 30.3 Å². The lowest BCUT2D eigenvalue weighted by molar-refractivity contribution is -0.129. The van der Waals surface area contributed by atoms with E-state index >= 15 is 0 Å². The van der Waals surface area contributed by atoms with Gasteiger partial charge in [-0.05, 0) is 32.8 Å². The van der Waals surface area contributed by atoms with Gasteiger partial charge >= 0.3 is 0 Å². The topological polar surface area (TPSA) is 104 Å². The third-order valence-corrected chi connectivity index (χ3v) is 3.37. The standard InChI is InChI=1S/C16H25N3O3/c1-10(17)15(21)18-11(2)16(22)19-14(12(3)20)9-13-7-5-4-6-8-13/h4-8,10-12,14,20H,9,17H2,1-3H3,(H,18,21)(H,19,22)/t10-,11-,12+,14-/m0/s1. The van der Waals surface area contributed by atoms with Gasteiger partial charge in [0, 0.05) is 0 Å². The van der Waals surface area contributed by atoms with Crippen LogP contribution in [-0.4, -0.2) is 41.2 Å². The first-order valence-electron chi connectivity index (χ1n) is 7.39. The Morgan fingerprint density at radius 1 is 1.09 bits per heavy atom. The summed E-state index contributed by atoms with van der Waals surface area (Å²) in [5.41, 5.74) is 6.47. The third kappa shape index (κ3) is 5.83. The number of aliphatic hydroxyl groups is 1. The molecule has 0 spiro atoms. The van der Waals surface area contributed by atoms with Gasteiger partial charge in [0.2, 0.25) is 11.8 Å². The first kappa shape index (κ1) is 18.1. The van der Waals surface area contributed by atoms with E-state index in [1.165, 1.54) is 0 Å². The smallest absolute Gasteiger partial charge is 0.242 e. The van der Waals surface area contributed by atoms with E-state index in [9.17, 15) is 14.7 Å². The van der Waals surface area contributed by atoms with E-state index in [2.05, 4.69) is 10.6 Å². The van der Waals surface area contributed by atoms with Crippen molar-refractivity contribution in [1.29, 1.82) is 0 Å². The van der Waals surface area contributed by atoms with Gasteiger partial charge in [0.15, 0.2) is 0 Å². The average Bonchev–Trinajstić information content (AvgIpc) is 2.47. The summed E-state index contributed by atoms with van der Waals surface area (Å²) >= 11 is 0. The molecule has 5 N–H and O–H groups in total. The van der Waals surface area contributed by atoms with Crippen molar-refractivity contribution in [3.8, 4) is 0 Å². The lowest BCUT2D eigenvalue weighted by atomic mass is 10.0. The molecule has 0 fully saturated rings. The molecule has 0 saturated heterocycles. The predicted octanol–water partition coefficient (Wildman–Crippen LogP) is -0.0534. The molecule has 0 heterocycles. The van der Waals surface area contributed by atoms with E-state index in [-0.39, 0.29) is 11.8 Å². The summed E-state index contributed by atoms with van der Waals surface area (Å²) in [4.78, 5) is 23.6. The first-order valence-corrected chi connectivity index (χ1v) is 7.39. The Morgan fingerprint density at radius 3 is 2.18 bits per heavy atom. The number of amides is 2. The Kier molecular flexibility index (Phi) is 7.01. The lowest BCUT2D eigenvalue weighted by Gasteiger charge is -2.24. The Labute approximate surface area is 131 Å². The Balaban J connectivity index is 2.62. The van der Waals surface area contributed by atoms with Crippen molar-refractivity contribution in [2.45, 2.75) is 51.4 Å². The maximum Gasteiger partial charge on any atom is 0.242 e. The number of rotatable bonds is 7. The van der Waals surface area contributed by atoms with Gasteiger partial charge in [-0.2, -0.15) is 0 Å². The normalized spacial score (nSPS) is 16.2. The second-order valence-corrected chi connectivity index (χ2v) is 5.56. The number of nitrogens with one attached hydrogen (secondary N) is 2. The SMILES string of the molecule is C[C@H](N)C(=O)N[C@@H](C)C(=O)N[C@@H](Cc1ccccc1)[C@@H](C)O. The minimum Gasteiger partial charge on any atom is -0.391 e. The van der Waals surface area contributed by atoms with Crippen LogP contribution in [0.25, 0.3) is 0 Å². The number of carbonyl (C=O) groups excluding carboxylic acids is 2. The summed E-state index contributed by atoms with van der Waals surface area (Å²) in [5, 5.41) is 15.1. The number of hydrogen-bond acceptors (Lipinski definition) is 4. The molecule has 0 saturated carbocycles. The van der Waals surface area contributed by atoms with Gasteiger partial charge in [-0.25, -0.2) is 0 Å². The van der Waals surface area contributed by atoms with Crippen LogP contribution in [0.3, 0.4) is 0 Å². The summed E-state index contributed by atoms with van der Waals surface area (Å²) in [6.45, 7) is 4.75. The number of aliphatic hydroxyl groups excluding tert-OH is 1. The van der Waals surface area contributed by atoms with E-state index in [1.54, 1.807) is 20.8 Å². The monoisotopic (exact) mass is 307 g/mol. The molecule has 6 nitrogen and oxygen atoms in total. The van der Waals surface area contributed by atoms with Crippen LogP contribution in [0.5, 0.6) is 0 Å². The van der Waals surface area contributed by atoms with Crippen molar-refractivity contribution < 1.29 is 14.7 Å². The van der Waals surface area contributed by atoms with Gasteiger partial charge in [0.1, 0.15) is 6.04 Å². The molecule has 0 aliphatic carbocycles. The molecule has 0 bridgehead atoms. The molecular weight excluding hydrogens is 282 g/mol. The second-order valence-electron chi connectivity index (χ2n) is 5.56. The number of hydrogen-bond donors (Lipinski definition) is 4. The van der Waals surface area contributed by atoms with E-state index in [0.717, 1.165) is 5.56 Å². The minimum atomic E-state index is -0.712. The molecule has 1 rings (SSSR count). The zero-order valence-electron chi connectivity index (χ0n) is 13.2. The summed E-state index contributed by atoms with van der Waals surface area (Å²) in [5.74, 6) is -0.741. The number of nitrogens with two attached hydrogens (primary N) is 1. The molecule has 2 amide bonds. The maximum absolute atomic E-state index is 12.1. The average molecular weight is 307 g/mol. The highest BCUT2D eigenvalue weighted by Gasteiger charge is 2.23. The molecule has 1 aromatic carbocycles. The van der Waals surface area contributed by atoms with Gasteiger partial charge < -0.3 is 21.5 Å². The van der Waals surface area contributed by atoms with Crippen molar-refractivity contribution >= 4 is 11.8 Å². The zero-order valence-corrected chi connectivity index (χ0v) is 13.2. The van der Waals surface area contributed by atoms with Crippen LogP contribution >= 0.6 is 0 Å². The Morgan fingerprint density at radius 2 is 1.68 bits per heavy atom. The Bertz CT molecular complexity index is 489. The molecule has 0 aliphatic heterocycles. The molecule has 0 aliphatic rings. The first-order chi connectivity index (χ1) is 10.3. The molecule has 0 radical (unpaired) electrons. The second kappa shape index (κ2) is 8.51.